The van der Waals surface area contributed by atoms with Gasteiger partial charge < -0.3 is 10.1 Å². The van der Waals surface area contributed by atoms with Crippen molar-refractivity contribution in [3.8, 4) is 0 Å². The van der Waals surface area contributed by atoms with Crippen LogP contribution in [0.5, 0.6) is 0 Å². The highest BCUT2D eigenvalue weighted by Crippen LogP contribution is 2.21. The number of nitrogens with one attached hydrogen (secondary N) is 1. The number of amides is 1. The molecule has 0 unspecified atom stereocenters. The summed E-state index contributed by atoms with van der Waals surface area (Å²) >= 11 is 0. The molecule has 1 aliphatic rings. The zero-order valence-electron chi connectivity index (χ0n) is 13.3. The summed E-state index contributed by atoms with van der Waals surface area (Å²) in [6.45, 7) is 7.04. The first-order chi connectivity index (χ1) is 10.1. The van der Waals surface area contributed by atoms with Gasteiger partial charge in [0.05, 0.1) is 13.1 Å². The van der Waals surface area contributed by atoms with E-state index in [1.54, 1.807) is 20.8 Å². The molecule has 0 aromatic heterocycles. The van der Waals surface area contributed by atoms with Crippen LogP contribution >= 0.6 is 0 Å². The van der Waals surface area contributed by atoms with Gasteiger partial charge in [0.2, 0.25) is 0 Å². The van der Waals surface area contributed by atoms with Crippen molar-refractivity contribution in [1.29, 1.82) is 0 Å². The highest BCUT2D eigenvalue weighted by atomic mass is 19.4. The first kappa shape index (κ1) is 18.6. The van der Waals surface area contributed by atoms with Crippen molar-refractivity contribution in [2.24, 2.45) is 4.99 Å². The van der Waals surface area contributed by atoms with E-state index in [1.165, 1.54) is 4.90 Å². The van der Waals surface area contributed by atoms with Crippen LogP contribution in [0.15, 0.2) is 4.99 Å². The van der Waals surface area contributed by atoms with E-state index in [0.29, 0.717) is 38.4 Å². The fourth-order valence-corrected chi connectivity index (χ4v) is 1.89. The van der Waals surface area contributed by atoms with Gasteiger partial charge in [-0.1, -0.05) is 0 Å². The molecule has 0 bridgehead atoms. The van der Waals surface area contributed by atoms with Crippen LogP contribution in [0.3, 0.4) is 0 Å². The van der Waals surface area contributed by atoms with E-state index in [1.807, 2.05) is 0 Å². The van der Waals surface area contributed by atoms with Crippen molar-refractivity contribution in [2.75, 3.05) is 26.2 Å². The standard InChI is InChI=1S/C14H24F3N3O2/c1-13(2,3)22-12(21)20-9-8-19-11(10-20)18-7-5-4-6-14(15,16)17/h4-10H2,1-3H3,(H,18,19). The molecule has 22 heavy (non-hydrogen) atoms. The molecule has 0 saturated heterocycles. The summed E-state index contributed by atoms with van der Waals surface area (Å²) in [6, 6.07) is 0. The molecule has 0 aromatic rings. The predicted octanol–water partition coefficient (Wildman–Crippen LogP) is 2.96. The number of halogens is 3. The van der Waals surface area contributed by atoms with Crippen LogP contribution in [0.25, 0.3) is 0 Å². The first-order valence-corrected chi connectivity index (χ1v) is 7.39. The lowest BCUT2D eigenvalue weighted by Crippen LogP contribution is -2.47. The van der Waals surface area contributed by atoms with Gasteiger partial charge in [-0.2, -0.15) is 13.2 Å². The van der Waals surface area contributed by atoms with Crippen molar-refractivity contribution < 1.29 is 22.7 Å². The fourth-order valence-electron chi connectivity index (χ4n) is 1.89. The number of alkyl halides is 3. The molecule has 8 heteroatoms. The number of hydrogen-bond acceptors (Lipinski definition) is 4. The maximum Gasteiger partial charge on any atom is 0.410 e. The molecule has 0 saturated carbocycles. The molecule has 0 fully saturated rings. The van der Waals surface area contributed by atoms with Crippen LogP contribution in [0, 0.1) is 0 Å². The number of amidine groups is 1. The average Bonchev–Trinajstić information content (AvgIpc) is 2.35. The maximum absolute atomic E-state index is 12.0. The monoisotopic (exact) mass is 323 g/mol. The molecule has 1 N–H and O–H groups in total. The van der Waals surface area contributed by atoms with E-state index in [9.17, 15) is 18.0 Å². The maximum atomic E-state index is 12.0. The van der Waals surface area contributed by atoms with Gasteiger partial charge in [0, 0.05) is 19.5 Å². The van der Waals surface area contributed by atoms with Crippen molar-refractivity contribution in [3.63, 3.8) is 0 Å². The van der Waals surface area contributed by atoms with E-state index in [4.69, 9.17) is 4.74 Å². The van der Waals surface area contributed by atoms with Gasteiger partial charge in [0.1, 0.15) is 11.4 Å². The van der Waals surface area contributed by atoms with Crippen molar-refractivity contribution in [2.45, 2.75) is 51.8 Å². The minimum atomic E-state index is -4.10. The topological polar surface area (TPSA) is 53.9 Å². The Labute approximate surface area is 128 Å². The minimum absolute atomic E-state index is 0.0829. The van der Waals surface area contributed by atoms with Crippen LogP contribution < -0.4 is 5.32 Å². The highest BCUT2D eigenvalue weighted by Gasteiger charge is 2.26. The molecular weight excluding hydrogens is 299 g/mol. The van der Waals surface area contributed by atoms with Gasteiger partial charge in [0.15, 0.2) is 0 Å². The Kier molecular flexibility index (Phi) is 6.49. The van der Waals surface area contributed by atoms with Crippen LogP contribution in [0.4, 0.5) is 18.0 Å². The molecule has 1 rings (SSSR count). The first-order valence-electron chi connectivity index (χ1n) is 7.39. The number of carbonyl (C=O) groups excluding carboxylic acids is 1. The molecule has 1 heterocycles. The summed E-state index contributed by atoms with van der Waals surface area (Å²) in [5.74, 6) is 0.615. The lowest BCUT2D eigenvalue weighted by Gasteiger charge is -2.29. The molecular formula is C14H24F3N3O2. The van der Waals surface area contributed by atoms with Gasteiger partial charge in [0.25, 0.3) is 0 Å². The summed E-state index contributed by atoms with van der Waals surface area (Å²) in [5.41, 5.74) is -0.559. The number of hydrogen-bond donors (Lipinski definition) is 1. The van der Waals surface area contributed by atoms with Gasteiger partial charge >= 0.3 is 12.3 Å². The number of unbranched alkanes of at least 4 members (excludes halogenated alkanes) is 1. The second-order valence-electron chi connectivity index (χ2n) is 6.23. The van der Waals surface area contributed by atoms with Gasteiger partial charge in [-0.3, -0.25) is 9.89 Å². The van der Waals surface area contributed by atoms with Gasteiger partial charge in [-0.05, 0) is 33.6 Å². The molecule has 5 nitrogen and oxygen atoms in total. The Balaban J connectivity index is 2.29. The van der Waals surface area contributed by atoms with E-state index in [2.05, 4.69) is 10.3 Å². The van der Waals surface area contributed by atoms with Crippen molar-refractivity contribution in [1.82, 2.24) is 10.2 Å². The zero-order chi connectivity index (χ0) is 16.8. The molecule has 0 aliphatic carbocycles. The van der Waals surface area contributed by atoms with E-state index < -0.39 is 24.3 Å². The summed E-state index contributed by atoms with van der Waals surface area (Å²) < 4.78 is 41.3. The van der Waals surface area contributed by atoms with Crippen LogP contribution in [-0.4, -0.2) is 54.8 Å². The second-order valence-corrected chi connectivity index (χ2v) is 6.23. The second kappa shape index (κ2) is 7.69. The van der Waals surface area contributed by atoms with Crippen LogP contribution in [0.1, 0.15) is 40.0 Å². The van der Waals surface area contributed by atoms with E-state index in [0.717, 1.165) is 0 Å². The van der Waals surface area contributed by atoms with E-state index in [-0.39, 0.29) is 6.42 Å². The molecule has 0 atom stereocenters. The number of ether oxygens (including phenoxy) is 1. The summed E-state index contributed by atoms with van der Waals surface area (Å²) in [4.78, 5) is 17.7. The Bertz CT molecular complexity index is 403. The third kappa shape index (κ3) is 8.09. The third-order valence-electron chi connectivity index (χ3n) is 2.88. The van der Waals surface area contributed by atoms with Crippen LogP contribution in [-0.2, 0) is 4.74 Å². The molecule has 0 aromatic carbocycles. The van der Waals surface area contributed by atoms with Crippen molar-refractivity contribution in [3.05, 3.63) is 0 Å². The van der Waals surface area contributed by atoms with Crippen molar-refractivity contribution >= 4 is 11.9 Å². The third-order valence-corrected chi connectivity index (χ3v) is 2.88. The Morgan fingerprint density at radius 2 is 2.00 bits per heavy atom. The SMILES string of the molecule is CC(C)(C)OC(=O)N1CCN=C(NCCCCC(F)(F)F)C1. The zero-order valence-corrected chi connectivity index (χ0v) is 13.3. The Morgan fingerprint density at radius 3 is 2.59 bits per heavy atom. The number of rotatable bonds is 4. The summed E-state index contributed by atoms with van der Waals surface area (Å²) in [5, 5.41) is 2.99. The Hall–Kier alpha value is -1.47. The molecule has 0 radical (unpaired) electrons. The Morgan fingerprint density at radius 1 is 1.32 bits per heavy atom. The van der Waals surface area contributed by atoms with Gasteiger partial charge in [-0.15, -0.1) is 0 Å². The molecule has 128 valence electrons. The quantitative estimate of drug-likeness (QED) is 0.809. The number of aliphatic imine (C=N–C) groups is 1. The molecule has 1 amide bonds. The van der Waals surface area contributed by atoms with E-state index >= 15 is 0 Å². The van der Waals surface area contributed by atoms with Crippen LogP contribution in [0.2, 0.25) is 0 Å². The number of nitrogens with zero attached hydrogens (tertiary/aromatic N) is 2. The average molecular weight is 323 g/mol. The summed E-state index contributed by atoms with van der Waals surface area (Å²) in [6.07, 6.45) is -4.79. The minimum Gasteiger partial charge on any atom is -0.444 e. The predicted molar refractivity (Wildman–Crippen MR) is 78.0 cm³/mol. The normalized spacial score (nSPS) is 16.3. The molecule has 1 aliphatic heterocycles. The van der Waals surface area contributed by atoms with Gasteiger partial charge in [-0.25, -0.2) is 4.79 Å². The smallest absolute Gasteiger partial charge is 0.410 e. The largest absolute Gasteiger partial charge is 0.444 e. The molecule has 0 spiro atoms. The summed E-state index contributed by atoms with van der Waals surface area (Å²) in [7, 11) is 0. The number of carbonyl (C=O) groups is 1. The lowest BCUT2D eigenvalue weighted by molar-refractivity contribution is -0.135. The lowest BCUT2D eigenvalue weighted by atomic mass is 10.2. The highest BCUT2D eigenvalue weighted by molar-refractivity contribution is 5.87. The fraction of sp³-hybridized carbons (Fsp3) is 0.857.